The molecule has 0 spiro atoms. The first-order chi connectivity index (χ1) is 10.0. The van der Waals surface area contributed by atoms with Gasteiger partial charge in [0.2, 0.25) is 0 Å². The zero-order chi connectivity index (χ0) is 15.4. The average Bonchev–Trinajstić information content (AvgIpc) is 2.88. The molecule has 0 aliphatic heterocycles. The van der Waals surface area contributed by atoms with E-state index in [9.17, 15) is 4.79 Å². The Hall–Kier alpha value is -2.01. The predicted octanol–water partition coefficient (Wildman–Crippen LogP) is 2.21. The molecule has 0 radical (unpaired) electrons. The monoisotopic (exact) mass is 288 g/mol. The highest BCUT2D eigenvalue weighted by Crippen LogP contribution is 2.20. The SMILES string of the molecule is CCC(C)N(C)CCNC(=O)c1c[nH]c2cc(N)ccc12. The Morgan fingerprint density at radius 1 is 1.48 bits per heavy atom. The summed E-state index contributed by atoms with van der Waals surface area (Å²) >= 11 is 0. The first-order valence-corrected chi connectivity index (χ1v) is 7.38. The van der Waals surface area contributed by atoms with Crippen LogP contribution in [0.15, 0.2) is 24.4 Å². The van der Waals surface area contributed by atoms with Crippen LogP contribution in [0.2, 0.25) is 0 Å². The van der Waals surface area contributed by atoms with Gasteiger partial charge in [-0.25, -0.2) is 0 Å². The van der Waals surface area contributed by atoms with E-state index in [0.717, 1.165) is 23.9 Å². The molecular weight excluding hydrogens is 264 g/mol. The normalized spacial score (nSPS) is 12.8. The van der Waals surface area contributed by atoms with Gasteiger partial charge in [-0.2, -0.15) is 0 Å². The molecule has 1 atom stereocenters. The molecule has 1 amide bonds. The third-order valence-corrected chi connectivity index (χ3v) is 4.04. The molecule has 0 aliphatic rings. The number of benzene rings is 1. The Kier molecular flexibility index (Phi) is 4.85. The molecule has 1 heterocycles. The van der Waals surface area contributed by atoms with Crippen molar-refractivity contribution in [1.82, 2.24) is 15.2 Å². The first-order valence-electron chi connectivity index (χ1n) is 7.38. The van der Waals surface area contributed by atoms with Gasteiger partial charge < -0.3 is 20.9 Å². The Bertz CT molecular complexity index is 620. The van der Waals surface area contributed by atoms with E-state index in [1.807, 2.05) is 18.2 Å². The van der Waals surface area contributed by atoms with Crippen molar-refractivity contribution in [1.29, 1.82) is 0 Å². The van der Waals surface area contributed by atoms with Gasteiger partial charge in [0.1, 0.15) is 0 Å². The standard InChI is InChI=1S/C16H24N4O/c1-4-11(2)20(3)8-7-18-16(21)14-10-19-15-9-12(17)5-6-13(14)15/h5-6,9-11,19H,4,7-8,17H2,1-3H3,(H,18,21). The van der Waals surface area contributed by atoms with Gasteiger partial charge in [0.05, 0.1) is 5.56 Å². The van der Waals surface area contributed by atoms with Crippen LogP contribution < -0.4 is 11.1 Å². The summed E-state index contributed by atoms with van der Waals surface area (Å²) in [5.41, 5.74) is 7.97. The summed E-state index contributed by atoms with van der Waals surface area (Å²) in [6.45, 7) is 5.83. The number of hydrogen-bond acceptors (Lipinski definition) is 3. The highest BCUT2D eigenvalue weighted by Gasteiger charge is 2.12. The summed E-state index contributed by atoms with van der Waals surface area (Å²) in [5, 5.41) is 3.87. The van der Waals surface area contributed by atoms with Crippen molar-refractivity contribution >= 4 is 22.5 Å². The number of likely N-dealkylation sites (N-methyl/N-ethyl adjacent to an activating group) is 1. The highest BCUT2D eigenvalue weighted by molar-refractivity contribution is 6.07. The van der Waals surface area contributed by atoms with Crippen LogP contribution in [-0.2, 0) is 0 Å². The number of nitrogens with zero attached hydrogens (tertiary/aromatic N) is 1. The van der Waals surface area contributed by atoms with E-state index in [2.05, 4.69) is 36.1 Å². The molecule has 2 aromatic rings. The fourth-order valence-electron chi connectivity index (χ4n) is 2.30. The van der Waals surface area contributed by atoms with Crippen molar-refractivity contribution in [2.75, 3.05) is 25.9 Å². The summed E-state index contributed by atoms with van der Waals surface area (Å²) < 4.78 is 0. The van der Waals surface area contributed by atoms with E-state index < -0.39 is 0 Å². The maximum atomic E-state index is 12.2. The molecule has 21 heavy (non-hydrogen) atoms. The molecule has 1 aromatic carbocycles. The topological polar surface area (TPSA) is 74.2 Å². The number of aromatic nitrogens is 1. The maximum Gasteiger partial charge on any atom is 0.253 e. The number of carbonyl (C=O) groups excluding carboxylic acids is 1. The van der Waals surface area contributed by atoms with Gasteiger partial charge in [-0.1, -0.05) is 6.92 Å². The maximum absolute atomic E-state index is 12.2. The average molecular weight is 288 g/mol. The van der Waals surface area contributed by atoms with Crippen molar-refractivity contribution in [3.8, 4) is 0 Å². The van der Waals surface area contributed by atoms with Crippen LogP contribution in [0.25, 0.3) is 10.9 Å². The van der Waals surface area contributed by atoms with Gasteiger partial charge in [0.25, 0.3) is 5.91 Å². The minimum absolute atomic E-state index is 0.0522. The summed E-state index contributed by atoms with van der Waals surface area (Å²) in [6, 6.07) is 6.05. The number of amides is 1. The Morgan fingerprint density at radius 2 is 2.24 bits per heavy atom. The third kappa shape index (κ3) is 3.55. The van der Waals surface area contributed by atoms with E-state index in [0.29, 0.717) is 23.8 Å². The van der Waals surface area contributed by atoms with E-state index in [1.54, 1.807) is 6.20 Å². The van der Waals surface area contributed by atoms with Crippen molar-refractivity contribution in [3.05, 3.63) is 30.0 Å². The predicted molar refractivity (Wildman–Crippen MR) is 87.4 cm³/mol. The minimum atomic E-state index is -0.0522. The molecule has 1 unspecified atom stereocenters. The number of fused-ring (bicyclic) bond motifs is 1. The minimum Gasteiger partial charge on any atom is -0.399 e. The second-order valence-electron chi connectivity index (χ2n) is 5.50. The second kappa shape index (κ2) is 6.63. The number of nitrogens with one attached hydrogen (secondary N) is 2. The molecule has 0 fully saturated rings. The molecule has 0 bridgehead atoms. The zero-order valence-electron chi connectivity index (χ0n) is 12.9. The summed E-state index contributed by atoms with van der Waals surface area (Å²) in [4.78, 5) is 17.6. The number of H-pyrrole nitrogens is 1. The van der Waals surface area contributed by atoms with Crippen LogP contribution >= 0.6 is 0 Å². The molecule has 5 nitrogen and oxygen atoms in total. The van der Waals surface area contributed by atoms with Crippen LogP contribution in [0.4, 0.5) is 5.69 Å². The Morgan fingerprint density at radius 3 is 2.95 bits per heavy atom. The molecule has 2 rings (SSSR count). The van der Waals surface area contributed by atoms with Crippen LogP contribution in [0.5, 0.6) is 0 Å². The number of rotatable bonds is 6. The summed E-state index contributed by atoms with van der Waals surface area (Å²) in [6.07, 6.45) is 2.84. The number of nitrogens with two attached hydrogens (primary N) is 1. The largest absolute Gasteiger partial charge is 0.399 e. The van der Waals surface area contributed by atoms with Gasteiger partial charge >= 0.3 is 0 Å². The number of carbonyl (C=O) groups is 1. The molecule has 1 aromatic heterocycles. The second-order valence-corrected chi connectivity index (χ2v) is 5.50. The summed E-state index contributed by atoms with van der Waals surface area (Å²) in [7, 11) is 2.08. The fourth-order valence-corrected chi connectivity index (χ4v) is 2.30. The quantitative estimate of drug-likeness (QED) is 0.713. The number of aromatic amines is 1. The lowest BCUT2D eigenvalue weighted by atomic mass is 10.1. The molecule has 4 N–H and O–H groups in total. The lowest BCUT2D eigenvalue weighted by molar-refractivity contribution is 0.0949. The van der Waals surface area contributed by atoms with Gasteiger partial charge in [0.15, 0.2) is 0 Å². The van der Waals surface area contributed by atoms with Gasteiger partial charge in [-0.3, -0.25) is 4.79 Å². The molecule has 5 heteroatoms. The van der Waals surface area contributed by atoms with Crippen LogP contribution in [0.3, 0.4) is 0 Å². The number of anilines is 1. The van der Waals surface area contributed by atoms with Gasteiger partial charge in [-0.15, -0.1) is 0 Å². The van der Waals surface area contributed by atoms with Crippen LogP contribution in [-0.4, -0.2) is 42.0 Å². The first kappa shape index (κ1) is 15.4. The molecule has 0 saturated carbocycles. The van der Waals surface area contributed by atoms with Crippen molar-refractivity contribution in [3.63, 3.8) is 0 Å². The van der Waals surface area contributed by atoms with Gasteiger partial charge in [0, 0.05) is 41.9 Å². The smallest absolute Gasteiger partial charge is 0.253 e. The van der Waals surface area contributed by atoms with Crippen molar-refractivity contribution < 1.29 is 4.79 Å². The zero-order valence-corrected chi connectivity index (χ0v) is 12.9. The van der Waals surface area contributed by atoms with E-state index in [-0.39, 0.29) is 5.91 Å². The van der Waals surface area contributed by atoms with Crippen molar-refractivity contribution in [2.24, 2.45) is 0 Å². The fraction of sp³-hybridized carbons (Fsp3) is 0.438. The lowest BCUT2D eigenvalue weighted by Gasteiger charge is -2.23. The van der Waals surface area contributed by atoms with E-state index >= 15 is 0 Å². The highest BCUT2D eigenvalue weighted by atomic mass is 16.1. The Balaban J connectivity index is 1.96. The lowest BCUT2D eigenvalue weighted by Crippen LogP contribution is -2.37. The number of hydrogen-bond donors (Lipinski definition) is 3. The molecular formula is C16H24N4O. The van der Waals surface area contributed by atoms with E-state index in [1.165, 1.54) is 0 Å². The molecule has 0 aliphatic carbocycles. The Labute approximate surface area is 125 Å². The third-order valence-electron chi connectivity index (χ3n) is 4.04. The van der Waals surface area contributed by atoms with Gasteiger partial charge in [-0.05, 0) is 38.6 Å². The van der Waals surface area contributed by atoms with Crippen LogP contribution in [0, 0.1) is 0 Å². The van der Waals surface area contributed by atoms with E-state index in [4.69, 9.17) is 5.73 Å². The number of nitrogen functional groups attached to an aromatic ring is 1. The molecule has 0 saturated heterocycles. The molecule has 114 valence electrons. The summed E-state index contributed by atoms with van der Waals surface area (Å²) in [5.74, 6) is -0.0522. The van der Waals surface area contributed by atoms with Crippen molar-refractivity contribution in [2.45, 2.75) is 26.3 Å². The van der Waals surface area contributed by atoms with Crippen LogP contribution in [0.1, 0.15) is 30.6 Å².